The van der Waals surface area contributed by atoms with Crippen LogP contribution in [0.25, 0.3) is 6.08 Å². The molecule has 2 aliphatic rings. The third-order valence-electron chi connectivity index (χ3n) is 5.52. The number of carbonyl (C=O) groups excluding carboxylic acids is 3. The standard InChI is InChI=1S/C24H26N4O3/c1-17-5-9-19(10-6-17)25-22(29)16-28-23(30)21(26-24(28)31)15-18-7-11-20(12-8-18)27-13-3-2-4-14-27/h5-12,15H,2-4,13-14,16H2,1H3,(H,25,29)(H,26,31). The molecule has 2 aliphatic heterocycles. The molecule has 0 saturated carbocycles. The first-order chi connectivity index (χ1) is 15.0. The maximum absolute atomic E-state index is 12.7. The van der Waals surface area contributed by atoms with Crippen LogP contribution >= 0.6 is 0 Å². The maximum Gasteiger partial charge on any atom is 0.329 e. The van der Waals surface area contributed by atoms with Crippen molar-refractivity contribution >= 4 is 35.3 Å². The number of carbonyl (C=O) groups is 3. The second-order valence-corrected chi connectivity index (χ2v) is 7.93. The van der Waals surface area contributed by atoms with Gasteiger partial charge in [0.1, 0.15) is 12.2 Å². The van der Waals surface area contributed by atoms with E-state index in [2.05, 4.69) is 15.5 Å². The second kappa shape index (κ2) is 9.04. The predicted molar refractivity (Wildman–Crippen MR) is 121 cm³/mol. The molecule has 0 bridgehead atoms. The van der Waals surface area contributed by atoms with E-state index in [9.17, 15) is 14.4 Å². The van der Waals surface area contributed by atoms with E-state index in [4.69, 9.17) is 0 Å². The smallest absolute Gasteiger partial charge is 0.329 e. The summed E-state index contributed by atoms with van der Waals surface area (Å²) < 4.78 is 0. The molecule has 7 nitrogen and oxygen atoms in total. The largest absolute Gasteiger partial charge is 0.372 e. The number of amides is 4. The Morgan fingerprint density at radius 3 is 2.35 bits per heavy atom. The van der Waals surface area contributed by atoms with Crippen molar-refractivity contribution in [1.29, 1.82) is 0 Å². The van der Waals surface area contributed by atoms with Crippen LogP contribution in [0.15, 0.2) is 54.2 Å². The fourth-order valence-electron chi connectivity index (χ4n) is 3.80. The van der Waals surface area contributed by atoms with E-state index in [-0.39, 0.29) is 12.2 Å². The van der Waals surface area contributed by atoms with Gasteiger partial charge in [0.15, 0.2) is 0 Å². The number of imide groups is 1. The molecule has 31 heavy (non-hydrogen) atoms. The number of nitrogens with zero attached hydrogens (tertiary/aromatic N) is 2. The van der Waals surface area contributed by atoms with Gasteiger partial charge in [-0.25, -0.2) is 9.69 Å². The fraction of sp³-hybridized carbons (Fsp3) is 0.292. The molecule has 0 aromatic heterocycles. The molecule has 2 saturated heterocycles. The van der Waals surface area contributed by atoms with E-state index in [1.165, 1.54) is 19.3 Å². The quantitative estimate of drug-likeness (QED) is 0.575. The van der Waals surface area contributed by atoms with Crippen LogP contribution in [0.5, 0.6) is 0 Å². The summed E-state index contributed by atoms with van der Waals surface area (Å²) in [6.07, 6.45) is 5.33. The van der Waals surface area contributed by atoms with Gasteiger partial charge < -0.3 is 15.5 Å². The average molecular weight is 418 g/mol. The number of hydrogen-bond acceptors (Lipinski definition) is 4. The van der Waals surface area contributed by atoms with Crippen LogP contribution in [0.1, 0.15) is 30.4 Å². The maximum atomic E-state index is 12.7. The van der Waals surface area contributed by atoms with Crippen molar-refractivity contribution in [3.8, 4) is 0 Å². The van der Waals surface area contributed by atoms with E-state index < -0.39 is 17.8 Å². The van der Waals surface area contributed by atoms with Crippen LogP contribution in [0.3, 0.4) is 0 Å². The Morgan fingerprint density at radius 2 is 1.68 bits per heavy atom. The summed E-state index contributed by atoms with van der Waals surface area (Å²) in [7, 11) is 0. The van der Waals surface area contributed by atoms with Crippen LogP contribution in [-0.2, 0) is 9.59 Å². The average Bonchev–Trinajstić information content (AvgIpc) is 3.04. The van der Waals surface area contributed by atoms with Gasteiger partial charge in [-0.2, -0.15) is 0 Å². The fourth-order valence-corrected chi connectivity index (χ4v) is 3.80. The predicted octanol–water partition coefficient (Wildman–Crippen LogP) is 3.52. The molecule has 2 aromatic carbocycles. The number of rotatable bonds is 5. The van der Waals surface area contributed by atoms with Crippen LogP contribution < -0.4 is 15.5 Å². The lowest BCUT2D eigenvalue weighted by molar-refractivity contribution is -0.127. The van der Waals surface area contributed by atoms with Crippen LogP contribution in [0, 0.1) is 6.92 Å². The van der Waals surface area contributed by atoms with Crippen molar-refractivity contribution in [3.05, 3.63) is 65.4 Å². The molecule has 7 heteroatoms. The van der Waals surface area contributed by atoms with E-state index in [1.807, 2.05) is 43.3 Å². The van der Waals surface area contributed by atoms with Gasteiger partial charge in [-0.1, -0.05) is 29.8 Å². The van der Waals surface area contributed by atoms with Crippen LogP contribution in [0.4, 0.5) is 16.2 Å². The van der Waals surface area contributed by atoms with Gasteiger partial charge in [0.05, 0.1) is 0 Å². The number of piperidine rings is 1. The third kappa shape index (κ3) is 4.94. The molecule has 160 valence electrons. The molecule has 0 radical (unpaired) electrons. The van der Waals surface area contributed by atoms with Gasteiger partial charge in [0.2, 0.25) is 5.91 Å². The topological polar surface area (TPSA) is 81.8 Å². The Kier molecular flexibility index (Phi) is 6.02. The summed E-state index contributed by atoms with van der Waals surface area (Å²) in [5, 5.41) is 5.27. The van der Waals surface area contributed by atoms with Gasteiger partial charge in [-0.15, -0.1) is 0 Å². The summed E-state index contributed by atoms with van der Waals surface area (Å²) >= 11 is 0. The van der Waals surface area contributed by atoms with Crippen molar-refractivity contribution in [3.63, 3.8) is 0 Å². The minimum atomic E-state index is -0.597. The Bertz CT molecular complexity index is 1010. The Balaban J connectivity index is 1.39. The van der Waals surface area contributed by atoms with Gasteiger partial charge in [0.25, 0.3) is 5.91 Å². The molecule has 4 amide bonds. The third-order valence-corrected chi connectivity index (χ3v) is 5.52. The molecule has 2 aromatic rings. The highest BCUT2D eigenvalue weighted by Crippen LogP contribution is 2.22. The molecule has 0 unspecified atom stereocenters. The monoisotopic (exact) mass is 418 g/mol. The lowest BCUT2D eigenvalue weighted by Gasteiger charge is -2.28. The second-order valence-electron chi connectivity index (χ2n) is 7.93. The molecule has 0 aliphatic carbocycles. The first kappa shape index (κ1) is 20.7. The zero-order valence-corrected chi connectivity index (χ0v) is 17.6. The van der Waals surface area contributed by atoms with Gasteiger partial charge in [-0.3, -0.25) is 9.59 Å². The summed E-state index contributed by atoms with van der Waals surface area (Å²) in [5.41, 5.74) is 3.84. The molecular formula is C24H26N4O3. The van der Waals surface area contributed by atoms with Crippen LogP contribution in [0.2, 0.25) is 0 Å². The lowest BCUT2D eigenvalue weighted by atomic mass is 10.1. The zero-order valence-electron chi connectivity index (χ0n) is 17.6. The van der Waals surface area contributed by atoms with E-state index in [1.54, 1.807) is 18.2 Å². The highest BCUT2D eigenvalue weighted by atomic mass is 16.2. The van der Waals surface area contributed by atoms with Gasteiger partial charge in [-0.05, 0) is 62.1 Å². The van der Waals surface area contributed by atoms with Gasteiger partial charge >= 0.3 is 6.03 Å². The van der Waals surface area contributed by atoms with Gasteiger partial charge in [0, 0.05) is 24.5 Å². The van der Waals surface area contributed by atoms with Crippen molar-refractivity contribution in [2.75, 3.05) is 29.9 Å². The Labute approximate surface area is 181 Å². The number of hydrogen-bond donors (Lipinski definition) is 2. The highest BCUT2D eigenvalue weighted by molar-refractivity contribution is 6.15. The summed E-state index contributed by atoms with van der Waals surface area (Å²) in [5.74, 6) is -0.941. The summed E-state index contributed by atoms with van der Waals surface area (Å²) in [4.78, 5) is 40.5. The molecule has 4 rings (SSSR count). The van der Waals surface area contributed by atoms with Crippen molar-refractivity contribution < 1.29 is 14.4 Å². The molecule has 0 atom stereocenters. The molecule has 2 heterocycles. The van der Waals surface area contributed by atoms with E-state index in [0.717, 1.165) is 34.8 Å². The minimum Gasteiger partial charge on any atom is -0.372 e. The minimum absolute atomic E-state index is 0.166. The molecule has 0 spiro atoms. The molecule has 2 fully saturated rings. The van der Waals surface area contributed by atoms with E-state index in [0.29, 0.717) is 5.69 Å². The first-order valence-corrected chi connectivity index (χ1v) is 10.6. The Morgan fingerprint density at radius 1 is 1.00 bits per heavy atom. The van der Waals surface area contributed by atoms with E-state index >= 15 is 0 Å². The first-order valence-electron chi connectivity index (χ1n) is 10.6. The van der Waals surface area contributed by atoms with Crippen molar-refractivity contribution in [2.24, 2.45) is 0 Å². The number of anilines is 2. The normalized spacial score (nSPS) is 17.8. The highest BCUT2D eigenvalue weighted by Gasteiger charge is 2.34. The Hall–Kier alpha value is -3.61. The summed E-state index contributed by atoms with van der Waals surface area (Å²) in [6.45, 7) is 3.74. The number of benzene rings is 2. The van der Waals surface area contributed by atoms with Crippen molar-refractivity contribution in [2.45, 2.75) is 26.2 Å². The zero-order chi connectivity index (χ0) is 21.8. The van der Waals surface area contributed by atoms with Crippen molar-refractivity contribution in [1.82, 2.24) is 10.2 Å². The summed E-state index contributed by atoms with van der Waals surface area (Å²) in [6, 6.07) is 14.6. The van der Waals surface area contributed by atoms with Crippen LogP contribution in [-0.4, -0.2) is 42.4 Å². The SMILES string of the molecule is Cc1ccc(NC(=O)CN2C(=O)NC(=Cc3ccc(N4CCCCC4)cc3)C2=O)cc1. The number of nitrogens with one attached hydrogen (secondary N) is 2. The lowest BCUT2D eigenvalue weighted by Crippen LogP contribution is -2.38. The molecule has 2 N–H and O–H groups in total. The number of urea groups is 1. The number of aryl methyl sites for hydroxylation is 1. The molecular weight excluding hydrogens is 392 g/mol.